The summed E-state index contributed by atoms with van der Waals surface area (Å²) in [4.78, 5) is 23.8. The van der Waals surface area contributed by atoms with Gasteiger partial charge < -0.3 is 16.2 Å². The summed E-state index contributed by atoms with van der Waals surface area (Å²) in [5, 5.41) is 12.0. The molecule has 0 fully saturated rings. The van der Waals surface area contributed by atoms with Gasteiger partial charge in [0.1, 0.15) is 5.54 Å². The quantitative estimate of drug-likeness (QED) is 0.705. The van der Waals surface area contributed by atoms with E-state index in [0.717, 1.165) is 5.56 Å². The van der Waals surface area contributed by atoms with Crippen LogP contribution in [0.15, 0.2) is 24.3 Å². The molecule has 0 aliphatic heterocycles. The fourth-order valence-corrected chi connectivity index (χ4v) is 2.18. The van der Waals surface area contributed by atoms with Crippen LogP contribution in [-0.4, -0.2) is 29.1 Å². The van der Waals surface area contributed by atoms with Crippen molar-refractivity contribution in [3.63, 3.8) is 0 Å². The Balaban J connectivity index is 3.04. The van der Waals surface area contributed by atoms with Gasteiger partial charge in [-0.05, 0) is 37.4 Å². The number of hydrogen-bond acceptors (Lipinski definition) is 3. The van der Waals surface area contributed by atoms with E-state index in [-0.39, 0.29) is 5.91 Å². The number of rotatable bonds is 7. The van der Waals surface area contributed by atoms with Gasteiger partial charge in [-0.25, -0.2) is 4.79 Å². The van der Waals surface area contributed by atoms with Crippen molar-refractivity contribution in [2.75, 3.05) is 6.54 Å². The molecule has 5 heteroatoms. The molecule has 0 radical (unpaired) electrons. The minimum absolute atomic E-state index is 0.337. The topological polar surface area (TPSA) is 92.4 Å². The van der Waals surface area contributed by atoms with Crippen molar-refractivity contribution < 1.29 is 14.7 Å². The first kappa shape index (κ1) is 16.2. The number of hydrogen-bond donors (Lipinski definition) is 3. The third kappa shape index (κ3) is 3.36. The largest absolute Gasteiger partial charge is 0.480 e. The summed E-state index contributed by atoms with van der Waals surface area (Å²) in [6.07, 6.45) is 1.26. The molecule has 1 aromatic carbocycles. The highest BCUT2D eigenvalue weighted by molar-refractivity contribution is 5.99. The number of carboxylic acid groups (broad SMARTS) is 1. The molecule has 0 atom stereocenters. The molecule has 5 nitrogen and oxygen atoms in total. The predicted molar refractivity (Wildman–Crippen MR) is 77.6 cm³/mol. The molecular formula is C15H22N2O3. The molecule has 0 saturated heterocycles. The molecule has 0 heterocycles. The minimum atomic E-state index is -1.22. The first-order chi connectivity index (χ1) is 9.50. The van der Waals surface area contributed by atoms with Crippen LogP contribution < -0.4 is 11.1 Å². The molecule has 0 spiro atoms. The molecular weight excluding hydrogens is 256 g/mol. The maximum absolute atomic E-state index is 12.4. The molecule has 0 bridgehead atoms. The van der Waals surface area contributed by atoms with Crippen molar-refractivity contribution in [3.8, 4) is 0 Å². The maximum atomic E-state index is 12.4. The Bertz CT molecular complexity index is 482. The molecule has 4 N–H and O–H groups in total. The Labute approximate surface area is 119 Å². The van der Waals surface area contributed by atoms with Crippen molar-refractivity contribution in [2.45, 2.75) is 38.6 Å². The number of carbonyl (C=O) groups excluding carboxylic acids is 1. The Hall–Kier alpha value is -1.88. The molecule has 0 saturated carbocycles. The van der Waals surface area contributed by atoms with Gasteiger partial charge in [0.15, 0.2) is 0 Å². The second kappa shape index (κ2) is 7.05. The lowest BCUT2D eigenvalue weighted by atomic mass is 9.92. The van der Waals surface area contributed by atoms with E-state index < -0.39 is 11.5 Å². The molecule has 0 aliphatic carbocycles. The van der Waals surface area contributed by atoms with Gasteiger partial charge in [-0.15, -0.1) is 0 Å². The monoisotopic (exact) mass is 278 g/mol. The lowest BCUT2D eigenvalue weighted by molar-refractivity contribution is -0.144. The van der Waals surface area contributed by atoms with Crippen LogP contribution in [0.2, 0.25) is 0 Å². The number of amides is 1. The number of aliphatic carboxylic acids is 1. The average Bonchev–Trinajstić information content (AvgIpc) is 2.45. The van der Waals surface area contributed by atoms with Crippen LogP contribution in [0, 0.1) is 0 Å². The van der Waals surface area contributed by atoms with Crippen LogP contribution in [0.5, 0.6) is 0 Å². The van der Waals surface area contributed by atoms with Gasteiger partial charge in [-0.1, -0.05) is 32.0 Å². The number of carbonyl (C=O) groups is 2. The third-order valence-electron chi connectivity index (χ3n) is 3.64. The summed E-state index contributed by atoms with van der Waals surface area (Å²) < 4.78 is 0. The van der Waals surface area contributed by atoms with Crippen molar-refractivity contribution in [2.24, 2.45) is 5.73 Å². The second-order valence-electron chi connectivity index (χ2n) is 4.74. The van der Waals surface area contributed by atoms with Gasteiger partial charge in [0.2, 0.25) is 0 Å². The molecule has 110 valence electrons. The standard InChI is InChI=1S/C15H22N2O3/c1-3-15(4-2,14(19)20)17-13(18)12-8-6-5-7-11(12)9-10-16/h5-8H,3-4,9-10,16H2,1-2H3,(H,17,18)(H,19,20). The van der Waals surface area contributed by atoms with E-state index in [1.165, 1.54) is 0 Å². The van der Waals surface area contributed by atoms with Gasteiger partial charge in [0, 0.05) is 5.56 Å². The van der Waals surface area contributed by atoms with E-state index in [0.29, 0.717) is 31.4 Å². The Morgan fingerprint density at radius 1 is 1.25 bits per heavy atom. The summed E-state index contributed by atoms with van der Waals surface area (Å²) in [5.41, 5.74) is 5.64. The smallest absolute Gasteiger partial charge is 0.329 e. The predicted octanol–water partition coefficient (Wildman–Crippen LogP) is 1.56. The van der Waals surface area contributed by atoms with Crippen LogP contribution in [0.4, 0.5) is 0 Å². The summed E-state index contributed by atoms with van der Waals surface area (Å²) in [6, 6.07) is 7.13. The van der Waals surface area contributed by atoms with Crippen LogP contribution in [0.3, 0.4) is 0 Å². The van der Waals surface area contributed by atoms with Crippen LogP contribution in [0.1, 0.15) is 42.6 Å². The normalized spacial score (nSPS) is 11.2. The van der Waals surface area contributed by atoms with E-state index in [4.69, 9.17) is 5.73 Å². The number of nitrogens with two attached hydrogens (primary N) is 1. The molecule has 0 unspecified atom stereocenters. The summed E-state index contributed by atoms with van der Waals surface area (Å²) in [6.45, 7) is 3.95. The average molecular weight is 278 g/mol. The molecule has 1 rings (SSSR count). The van der Waals surface area contributed by atoms with Crippen molar-refractivity contribution in [1.29, 1.82) is 0 Å². The van der Waals surface area contributed by atoms with Crippen LogP contribution in [0.25, 0.3) is 0 Å². The highest BCUT2D eigenvalue weighted by atomic mass is 16.4. The van der Waals surface area contributed by atoms with Crippen LogP contribution in [-0.2, 0) is 11.2 Å². The van der Waals surface area contributed by atoms with E-state index in [9.17, 15) is 14.7 Å². The Kier molecular flexibility index (Phi) is 5.70. The Morgan fingerprint density at radius 2 is 1.85 bits per heavy atom. The van der Waals surface area contributed by atoms with Gasteiger partial charge in [-0.2, -0.15) is 0 Å². The highest BCUT2D eigenvalue weighted by Crippen LogP contribution is 2.18. The molecule has 1 amide bonds. The zero-order valence-corrected chi connectivity index (χ0v) is 12.0. The number of nitrogens with one attached hydrogen (secondary N) is 1. The fourth-order valence-electron chi connectivity index (χ4n) is 2.18. The van der Waals surface area contributed by atoms with E-state index in [1.807, 2.05) is 12.1 Å². The van der Waals surface area contributed by atoms with E-state index >= 15 is 0 Å². The first-order valence-corrected chi connectivity index (χ1v) is 6.84. The lowest BCUT2D eigenvalue weighted by Gasteiger charge is -2.28. The number of benzene rings is 1. The molecule has 20 heavy (non-hydrogen) atoms. The van der Waals surface area contributed by atoms with Gasteiger partial charge >= 0.3 is 5.97 Å². The first-order valence-electron chi connectivity index (χ1n) is 6.84. The zero-order valence-electron chi connectivity index (χ0n) is 12.0. The Morgan fingerprint density at radius 3 is 2.35 bits per heavy atom. The van der Waals surface area contributed by atoms with Crippen molar-refractivity contribution in [3.05, 3.63) is 35.4 Å². The van der Waals surface area contributed by atoms with Crippen molar-refractivity contribution >= 4 is 11.9 Å². The van der Waals surface area contributed by atoms with Crippen molar-refractivity contribution in [1.82, 2.24) is 5.32 Å². The molecule has 0 aliphatic rings. The maximum Gasteiger partial charge on any atom is 0.329 e. The van der Waals surface area contributed by atoms with Gasteiger partial charge in [-0.3, -0.25) is 4.79 Å². The van der Waals surface area contributed by atoms with Gasteiger partial charge in [0.05, 0.1) is 0 Å². The number of carboxylic acids is 1. The molecule has 0 aromatic heterocycles. The zero-order chi connectivity index (χ0) is 15.2. The lowest BCUT2D eigenvalue weighted by Crippen LogP contribution is -2.53. The fraction of sp³-hybridized carbons (Fsp3) is 0.467. The minimum Gasteiger partial charge on any atom is -0.480 e. The van der Waals surface area contributed by atoms with E-state index in [2.05, 4.69) is 5.32 Å². The second-order valence-corrected chi connectivity index (χ2v) is 4.74. The third-order valence-corrected chi connectivity index (χ3v) is 3.64. The summed E-state index contributed by atoms with van der Waals surface area (Å²) >= 11 is 0. The van der Waals surface area contributed by atoms with Gasteiger partial charge in [0.25, 0.3) is 5.91 Å². The highest BCUT2D eigenvalue weighted by Gasteiger charge is 2.36. The summed E-state index contributed by atoms with van der Waals surface area (Å²) in [5.74, 6) is -1.37. The summed E-state index contributed by atoms with van der Waals surface area (Å²) in [7, 11) is 0. The molecule has 1 aromatic rings. The van der Waals surface area contributed by atoms with E-state index in [1.54, 1.807) is 26.0 Å². The SMILES string of the molecule is CCC(CC)(NC(=O)c1ccccc1CCN)C(=O)O. The van der Waals surface area contributed by atoms with Crippen LogP contribution >= 0.6 is 0 Å².